The van der Waals surface area contributed by atoms with Gasteiger partial charge < -0.3 is 15.2 Å². The van der Waals surface area contributed by atoms with E-state index in [4.69, 9.17) is 5.73 Å². The molecule has 1 aromatic heterocycles. The smallest absolute Gasteiger partial charge is 0.205 e. The molecular formula is C12H22N4. The van der Waals surface area contributed by atoms with Crippen LogP contribution in [0.3, 0.4) is 0 Å². The highest BCUT2D eigenvalue weighted by atomic mass is 15.3. The molecule has 0 bridgehead atoms. The molecule has 2 heterocycles. The summed E-state index contributed by atoms with van der Waals surface area (Å²) in [7, 11) is 0. The van der Waals surface area contributed by atoms with Crippen LogP contribution in [0.1, 0.15) is 26.2 Å². The molecule has 16 heavy (non-hydrogen) atoms. The quantitative estimate of drug-likeness (QED) is 0.839. The topological polar surface area (TPSA) is 47.1 Å². The Bertz CT molecular complexity index is 321. The zero-order chi connectivity index (χ0) is 11.4. The number of hydrogen-bond acceptors (Lipinski definition) is 3. The fourth-order valence-corrected chi connectivity index (χ4v) is 2.44. The molecule has 4 heteroatoms. The van der Waals surface area contributed by atoms with E-state index in [0.717, 1.165) is 38.5 Å². The normalized spacial score (nSPS) is 21.4. The summed E-state index contributed by atoms with van der Waals surface area (Å²) in [5, 5.41) is 0. The molecule has 4 nitrogen and oxygen atoms in total. The molecule has 0 spiro atoms. The molecule has 90 valence electrons. The van der Waals surface area contributed by atoms with Crippen molar-refractivity contribution < 1.29 is 0 Å². The SMILES string of the molecule is CCCn1ccnc1N1CCCC(CN)C1. The Morgan fingerprint density at radius 1 is 1.56 bits per heavy atom. The number of anilines is 1. The minimum atomic E-state index is 0.639. The second-order valence-corrected chi connectivity index (χ2v) is 4.61. The number of aryl methyl sites for hydroxylation is 1. The van der Waals surface area contributed by atoms with E-state index >= 15 is 0 Å². The van der Waals surface area contributed by atoms with Gasteiger partial charge in [-0.05, 0) is 31.7 Å². The Hall–Kier alpha value is -1.03. The van der Waals surface area contributed by atoms with Crippen LogP contribution < -0.4 is 10.6 Å². The largest absolute Gasteiger partial charge is 0.342 e. The Morgan fingerprint density at radius 3 is 3.19 bits per heavy atom. The molecule has 1 unspecified atom stereocenters. The molecule has 2 rings (SSSR count). The lowest BCUT2D eigenvalue weighted by Gasteiger charge is -2.33. The van der Waals surface area contributed by atoms with Gasteiger partial charge >= 0.3 is 0 Å². The third-order valence-corrected chi connectivity index (χ3v) is 3.29. The Labute approximate surface area is 97.4 Å². The van der Waals surface area contributed by atoms with Gasteiger partial charge in [-0.25, -0.2) is 4.98 Å². The van der Waals surface area contributed by atoms with Crippen molar-refractivity contribution in [3.05, 3.63) is 12.4 Å². The van der Waals surface area contributed by atoms with Gasteiger partial charge in [0.2, 0.25) is 5.95 Å². The third kappa shape index (κ3) is 2.38. The number of piperidine rings is 1. The Morgan fingerprint density at radius 2 is 2.44 bits per heavy atom. The predicted molar refractivity (Wildman–Crippen MR) is 66.5 cm³/mol. The molecule has 0 radical (unpaired) electrons. The Kier molecular flexibility index (Phi) is 3.83. The highest BCUT2D eigenvalue weighted by molar-refractivity contribution is 5.32. The van der Waals surface area contributed by atoms with E-state index in [-0.39, 0.29) is 0 Å². The lowest BCUT2D eigenvalue weighted by Crippen LogP contribution is -2.39. The maximum absolute atomic E-state index is 5.76. The molecule has 2 N–H and O–H groups in total. The van der Waals surface area contributed by atoms with E-state index in [2.05, 4.69) is 27.6 Å². The summed E-state index contributed by atoms with van der Waals surface area (Å²) >= 11 is 0. The number of hydrogen-bond donors (Lipinski definition) is 1. The molecular weight excluding hydrogens is 200 g/mol. The fraction of sp³-hybridized carbons (Fsp3) is 0.750. The van der Waals surface area contributed by atoms with Crippen molar-refractivity contribution in [1.82, 2.24) is 9.55 Å². The van der Waals surface area contributed by atoms with E-state index in [1.165, 1.54) is 12.8 Å². The number of imidazole rings is 1. The zero-order valence-corrected chi connectivity index (χ0v) is 10.1. The first-order valence-electron chi connectivity index (χ1n) is 6.31. The van der Waals surface area contributed by atoms with E-state index in [1.54, 1.807) is 0 Å². The van der Waals surface area contributed by atoms with Gasteiger partial charge in [-0.1, -0.05) is 6.92 Å². The van der Waals surface area contributed by atoms with Crippen molar-refractivity contribution in [2.24, 2.45) is 11.7 Å². The highest BCUT2D eigenvalue weighted by Gasteiger charge is 2.21. The van der Waals surface area contributed by atoms with Crippen molar-refractivity contribution >= 4 is 5.95 Å². The van der Waals surface area contributed by atoms with Crippen LogP contribution in [0.2, 0.25) is 0 Å². The molecule has 0 amide bonds. The molecule has 0 aromatic carbocycles. The van der Waals surface area contributed by atoms with Gasteiger partial charge in [0.15, 0.2) is 0 Å². The summed E-state index contributed by atoms with van der Waals surface area (Å²) in [6.45, 7) is 6.24. The lowest BCUT2D eigenvalue weighted by atomic mass is 9.99. The predicted octanol–water partition coefficient (Wildman–Crippen LogP) is 1.47. The molecule has 1 fully saturated rings. The first kappa shape index (κ1) is 11.5. The van der Waals surface area contributed by atoms with Gasteiger partial charge in [0, 0.05) is 32.0 Å². The number of rotatable bonds is 4. The van der Waals surface area contributed by atoms with Gasteiger partial charge in [0.25, 0.3) is 0 Å². The summed E-state index contributed by atoms with van der Waals surface area (Å²) in [6, 6.07) is 0. The van der Waals surface area contributed by atoms with Crippen LogP contribution >= 0.6 is 0 Å². The molecule has 1 aliphatic rings. The second-order valence-electron chi connectivity index (χ2n) is 4.61. The highest BCUT2D eigenvalue weighted by Crippen LogP contribution is 2.21. The third-order valence-electron chi connectivity index (χ3n) is 3.29. The maximum atomic E-state index is 5.76. The van der Waals surface area contributed by atoms with E-state index < -0.39 is 0 Å². The van der Waals surface area contributed by atoms with Crippen LogP contribution in [0, 0.1) is 5.92 Å². The fourth-order valence-electron chi connectivity index (χ4n) is 2.44. The van der Waals surface area contributed by atoms with Gasteiger partial charge in [-0.2, -0.15) is 0 Å². The average Bonchev–Trinajstić information content (AvgIpc) is 2.78. The van der Waals surface area contributed by atoms with Crippen molar-refractivity contribution in [2.75, 3.05) is 24.5 Å². The monoisotopic (exact) mass is 222 g/mol. The summed E-state index contributed by atoms with van der Waals surface area (Å²) < 4.78 is 2.25. The standard InChI is InChI=1S/C12H22N4/c1-2-6-15-8-5-14-12(15)16-7-3-4-11(9-13)10-16/h5,8,11H,2-4,6-7,9-10,13H2,1H3. The number of aromatic nitrogens is 2. The first-order chi connectivity index (χ1) is 7.85. The minimum absolute atomic E-state index is 0.639. The van der Waals surface area contributed by atoms with Crippen molar-refractivity contribution in [3.8, 4) is 0 Å². The van der Waals surface area contributed by atoms with Gasteiger partial charge in [0.05, 0.1) is 0 Å². The van der Waals surface area contributed by atoms with Crippen molar-refractivity contribution in [1.29, 1.82) is 0 Å². The summed E-state index contributed by atoms with van der Waals surface area (Å²) in [5.74, 6) is 1.76. The van der Waals surface area contributed by atoms with Crippen LogP contribution in [0.5, 0.6) is 0 Å². The van der Waals surface area contributed by atoms with Crippen molar-refractivity contribution in [3.63, 3.8) is 0 Å². The average molecular weight is 222 g/mol. The summed E-state index contributed by atoms with van der Waals surface area (Å²) in [6.07, 6.45) is 7.63. The number of nitrogens with zero attached hydrogens (tertiary/aromatic N) is 3. The molecule has 0 aliphatic carbocycles. The van der Waals surface area contributed by atoms with Crippen LogP contribution in [-0.2, 0) is 6.54 Å². The van der Waals surface area contributed by atoms with Gasteiger partial charge in [-0.15, -0.1) is 0 Å². The van der Waals surface area contributed by atoms with Crippen LogP contribution in [0.25, 0.3) is 0 Å². The molecule has 0 saturated carbocycles. The second kappa shape index (κ2) is 5.34. The lowest BCUT2D eigenvalue weighted by molar-refractivity contribution is 0.415. The van der Waals surface area contributed by atoms with Crippen LogP contribution in [0.4, 0.5) is 5.95 Å². The minimum Gasteiger partial charge on any atom is -0.342 e. The van der Waals surface area contributed by atoms with Gasteiger partial charge in [-0.3, -0.25) is 0 Å². The number of nitrogens with two attached hydrogens (primary N) is 1. The van der Waals surface area contributed by atoms with E-state index in [9.17, 15) is 0 Å². The van der Waals surface area contributed by atoms with Crippen LogP contribution in [-0.4, -0.2) is 29.2 Å². The van der Waals surface area contributed by atoms with Gasteiger partial charge in [0.1, 0.15) is 0 Å². The molecule has 1 aromatic rings. The molecule has 1 aliphatic heterocycles. The molecule has 1 atom stereocenters. The van der Waals surface area contributed by atoms with E-state index in [1.807, 2.05) is 6.20 Å². The van der Waals surface area contributed by atoms with Crippen molar-refractivity contribution in [2.45, 2.75) is 32.7 Å². The summed E-state index contributed by atoms with van der Waals surface area (Å²) in [5.41, 5.74) is 5.76. The van der Waals surface area contributed by atoms with Crippen LogP contribution in [0.15, 0.2) is 12.4 Å². The van der Waals surface area contributed by atoms with E-state index in [0.29, 0.717) is 5.92 Å². The Balaban J connectivity index is 2.07. The zero-order valence-electron chi connectivity index (χ0n) is 10.1. The molecule has 1 saturated heterocycles. The maximum Gasteiger partial charge on any atom is 0.205 e. The first-order valence-corrected chi connectivity index (χ1v) is 6.31. The summed E-state index contributed by atoms with van der Waals surface area (Å²) in [4.78, 5) is 6.86.